The van der Waals surface area contributed by atoms with E-state index in [9.17, 15) is 18.0 Å². The highest BCUT2D eigenvalue weighted by atomic mass is 32.2. The van der Waals surface area contributed by atoms with Gasteiger partial charge in [-0.1, -0.05) is 12.8 Å². The molecule has 10 heteroatoms. The Balaban J connectivity index is 1.48. The molecule has 0 bridgehead atoms. The van der Waals surface area contributed by atoms with E-state index in [1.807, 2.05) is 11.1 Å². The molecule has 3 amide bonds. The number of aryl methyl sites for hydroxylation is 1. The van der Waals surface area contributed by atoms with Crippen molar-refractivity contribution in [2.24, 2.45) is 7.05 Å². The van der Waals surface area contributed by atoms with Crippen LogP contribution in [0.4, 0.5) is 4.79 Å². The number of hydrogen-bond acceptors (Lipinski definition) is 6. The van der Waals surface area contributed by atoms with E-state index in [1.54, 1.807) is 17.9 Å². The zero-order chi connectivity index (χ0) is 19.2. The number of imide groups is 1. The Morgan fingerprint density at radius 3 is 2.67 bits per heavy atom. The van der Waals surface area contributed by atoms with Crippen LogP contribution in [0.25, 0.3) is 0 Å². The number of aromatic nitrogens is 2. The summed E-state index contributed by atoms with van der Waals surface area (Å²) in [5.41, 5.74) is 0.135. The molecule has 1 N–H and O–H groups in total. The van der Waals surface area contributed by atoms with Crippen molar-refractivity contribution in [3.63, 3.8) is 0 Å². The molecule has 1 spiro atoms. The molecule has 1 saturated carbocycles. The monoisotopic (exact) mass is 395 g/mol. The first kappa shape index (κ1) is 18.4. The van der Waals surface area contributed by atoms with Crippen LogP contribution in [0.1, 0.15) is 37.3 Å². The molecule has 0 radical (unpaired) electrons. The molecule has 3 fully saturated rings. The molecule has 1 aliphatic carbocycles. The lowest BCUT2D eigenvalue weighted by Crippen LogP contribution is -2.47. The second kappa shape index (κ2) is 6.59. The quantitative estimate of drug-likeness (QED) is 0.723. The van der Waals surface area contributed by atoms with Crippen molar-refractivity contribution in [1.82, 2.24) is 24.9 Å². The van der Waals surface area contributed by atoms with Crippen LogP contribution in [0.3, 0.4) is 0 Å². The van der Waals surface area contributed by atoms with Crippen molar-refractivity contribution in [2.75, 3.05) is 31.1 Å². The van der Waals surface area contributed by atoms with E-state index in [-0.39, 0.29) is 36.0 Å². The third-order valence-corrected chi connectivity index (χ3v) is 7.59. The fourth-order valence-electron chi connectivity index (χ4n) is 4.45. The number of nitrogens with zero attached hydrogens (tertiary/aromatic N) is 4. The second-order valence-electron chi connectivity index (χ2n) is 7.79. The van der Waals surface area contributed by atoms with Gasteiger partial charge in [0, 0.05) is 38.4 Å². The van der Waals surface area contributed by atoms with Gasteiger partial charge in [0.1, 0.15) is 5.54 Å². The SMILES string of the molecule is Cn1cc(C2CS(=O)(=O)CCN2CCN2C(=O)NC3(CCCC3)C2=O)cn1. The Labute approximate surface area is 158 Å². The van der Waals surface area contributed by atoms with Crippen LogP contribution < -0.4 is 5.32 Å². The van der Waals surface area contributed by atoms with Crippen LogP contribution in [-0.2, 0) is 21.7 Å². The number of rotatable bonds is 4. The topological polar surface area (TPSA) is 105 Å². The molecule has 4 rings (SSSR count). The molecule has 27 heavy (non-hydrogen) atoms. The Morgan fingerprint density at radius 2 is 2.00 bits per heavy atom. The van der Waals surface area contributed by atoms with Crippen molar-refractivity contribution in [3.05, 3.63) is 18.0 Å². The fourth-order valence-corrected chi connectivity index (χ4v) is 6.02. The van der Waals surface area contributed by atoms with Crippen LogP contribution >= 0.6 is 0 Å². The van der Waals surface area contributed by atoms with Crippen LogP contribution in [0.2, 0.25) is 0 Å². The van der Waals surface area contributed by atoms with Gasteiger partial charge in [-0.3, -0.25) is 19.3 Å². The van der Waals surface area contributed by atoms with Crippen molar-refractivity contribution in [1.29, 1.82) is 0 Å². The predicted octanol–water partition coefficient (Wildman–Crippen LogP) is 0.0562. The highest BCUT2D eigenvalue weighted by molar-refractivity contribution is 7.91. The van der Waals surface area contributed by atoms with E-state index < -0.39 is 15.4 Å². The maximum atomic E-state index is 12.8. The lowest BCUT2D eigenvalue weighted by atomic mass is 9.98. The number of carbonyl (C=O) groups is 2. The Hall–Kier alpha value is -1.94. The van der Waals surface area contributed by atoms with Crippen LogP contribution in [0, 0.1) is 0 Å². The molecule has 9 nitrogen and oxygen atoms in total. The predicted molar refractivity (Wildman–Crippen MR) is 97.6 cm³/mol. The Bertz CT molecular complexity index is 858. The van der Waals surface area contributed by atoms with Crippen molar-refractivity contribution in [3.8, 4) is 0 Å². The van der Waals surface area contributed by atoms with Gasteiger partial charge in [0.2, 0.25) is 0 Å². The maximum absolute atomic E-state index is 12.8. The summed E-state index contributed by atoms with van der Waals surface area (Å²) in [4.78, 5) is 28.5. The fraction of sp³-hybridized carbons (Fsp3) is 0.706. The lowest BCUT2D eigenvalue weighted by Gasteiger charge is -2.35. The number of carbonyl (C=O) groups excluding carboxylic acids is 2. The zero-order valence-corrected chi connectivity index (χ0v) is 16.2. The molecular formula is C17H25N5O4S. The minimum absolute atomic E-state index is 0.0305. The summed E-state index contributed by atoms with van der Waals surface area (Å²) in [6, 6.07) is -0.636. The highest BCUT2D eigenvalue weighted by Gasteiger charge is 2.52. The third-order valence-electron chi connectivity index (χ3n) is 5.97. The highest BCUT2D eigenvalue weighted by Crippen LogP contribution is 2.35. The summed E-state index contributed by atoms with van der Waals surface area (Å²) in [6.07, 6.45) is 6.81. The molecule has 148 valence electrons. The summed E-state index contributed by atoms with van der Waals surface area (Å²) < 4.78 is 25.9. The second-order valence-corrected chi connectivity index (χ2v) is 10.0. The van der Waals surface area contributed by atoms with Gasteiger partial charge in [-0.25, -0.2) is 13.2 Å². The smallest absolute Gasteiger partial charge is 0.323 e. The zero-order valence-electron chi connectivity index (χ0n) is 15.4. The van der Waals surface area contributed by atoms with Crippen LogP contribution in [-0.4, -0.2) is 76.6 Å². The summed E-state index contributed by atoms with van der Waals surface area (Å²) >= 11 is 0. The number of sulfone groups is 1. The maximum Gasteiger partial charge on any atom is 0.325 e. The van der Waals surface area contributed by atoms with Gasteiger partial charge in [0.25, 0.3) is 5.91 Å². The van der Waals surface area contributed by atoms with Gasteiger partial charge in [-0.05, 0) is 12.8 Å². The molecule has 3 heterocycles. The third kappa shape index (κ3) is 3.36. The molecule has 1 aromatic heterocycles. The van der Waals surface area contributed by atoms with E-state index in [1.165, 1.54) is 4.90 Å². The first-order chi connectivity index (χ1) is 12.8. The first-order valence-corrected chi connectivity index (χ1v) is 11.2. The van der Waals surface area contributed by atoms with Crippen LogP contribution in [0.5, 0.6) is 0 Å². The summed E-state index contributed by atoms with van der Waals surface area (Å²) in [5, 5.41) is 7.04. The Kier molecular flexibility index (Phi) is 4.50. The van der Waals surface area contributed by atoms with E-state index in [2.05, 4.69) is 10.4 Å². The standard InChI is InChI=1S/C17H25N5O4S/c1-20-11-13(10-18-20)14-12-27(25,26)9-8-21(14)6-7-22-15(23)17(19-16(22)24)4-2-3-5-17/h10-11,14H,2-9,12H2,1H3,(H,19,24). The van der Waals surface area contributed by atoms with Crippen molar-refractivity contribution in [2.45, 2.75) is 37.3 Å². The number of hydrogen-bond donors (Lipinski definition) is 1. The Morgan fingerprint density at radius 1 is 1.26 bits per heavy atom. The molecular weight excluding hydrogens is 370 g/mol. The molecule has 2 aliphatic heterocycles. The average Bonchev–Trinajstić information content (AvgIpc) is 3.30. The molecule has 1 atom stereocenters. The van der Waals surface area contributed by atoms with Gasteiger partial charge in [0.15, 0.2) is 9.84 Å². The van der Waals surface area contributed by atoms with E-state index in [0.29, 0.717) is 25.9 Å². The molecule has 2 saturated heterocycles. The number of urea groups is 1. The summed E-state index contributed by atoms with van der Waals surface area (Å²) in [7, 11) is -1.33. The van der Waals surface area contributed by atoms with E-state index >= 15 is 0 Å². The van der Waals surface area contributed by atoms with Crippen LogP contribution in [0.15, 0.2) is 12.4 Å². The normalized spacial score (nSPS) is 27.4. The van der Waals surface area contributed by atoms with Crippen molar-refractivity contribution >= 4 is 21.8 Å². The largest absolute Gasteiger partial charge is 0.325 e. The average molecular weight is 395 g/mol. The minimum Gasteiger partial charge on any atom is -0.323 e. The lowest BCUT2D eigenvalue weighted by molar-refractivity contribution is -0.131. The van der Waals surface area contributed by atoms with Gasteiger partial charge in [-0.2, -0.15) is 5.10 Å². The van der Waals surface area contributed by atoms with Gasteiger partial charge in [-0.15, -0.1) is 0 Å². The number of amides is 3. The summed E-state index contributed by atoms with van der Waals surface area (Å²) in [6.45, 7) is 1.10. The minimum atomic E-state index is -3.12. The molecule has 0 aromatic carbocycles. The molecule has 1 aromatic rings. The van der Waals surface area contributed by atoms with Gasteiger partial charge >= 0.3 is 6.03 Å². The van der Waals surface area contributed by atoms with Gasteiger partial charge < -0.3 is 5.32 Å². The molecule has 3 aliphatic rings. The van der Waals surface area contributed by atoms with E-state index in [0.717, 1.165) is 18.4 Å². The van der Waals surface area contributed by atoms with Gasteiger partial charge in [0.05, 0.1) is 23.7 Å². The molecule has 1 unspecified atom stereocenters. The first-order valence-electron chi connectivity index (χ1n) is 9.37. The number of nitrogens with one attached hydrogen (secondary N) is 1. The van der Waals surface area contributed by atoms with Crippen molar-refractivity contribution < 1.29 is 18.0 Å². The van der Waals surface area contributed by atoms with E-state index in [4.69, 9.17) is 0 Å². The summed E-state index contributed by atoms with van der Waals surface area (Å²) in [5.74, 6) is -0.0102.